The van der Waals surface area contributed by atoms with Gasteiger partial charge in [0.25, 0.3) is 0 Å². The van der Waals surface area contributed by atoms with Crippen LogP contribution in [-0.2, 0) is 16.2 Å². The number of halogens is 3. The Morgan fingerprint density at radius 3 is 2.82 bits per heavy atom. The number of carbonyl (C=O) groups is 2. The predicted octanol–water partition coefficient (Wildman–Crippen LogP) is 3.01. The fourth-order valence-electron chi connectivity index (χ4n) is 2.88. The Balaban J connectivity index is 1.56. The molecule has 0 bridgehead atoms. The number of alkyl halides is 3. The minimum Gasteiger partial charge on any atom is -0.489 e. The van der Waals surface area contributed by atoms with Crippen LogP contribution in [0, 0.1) is 5.92 Å². The quantitative estimate of drug-likeness (QED) is 0.819. The van der Waals surface area contributed by atoms with Crippen molar-refractivity contribution in [3.8, 4) is 5.75 Å². The van der Waals surface area contributed by atoms with Crippen molar-refractivity contribution in [2.45, 2.75) is 19.2 Å². The first kappa shape index (κ1) is 19.7. The predicted molar refractivity (Wildman–Crippen MR) is 94.4 cm³/mol. The third-order valence-electron chi connectivity index (χ3n) is 4.19. The van der Waals surface area contributed by atoms with Crippen LogP contribution in [0.1, 0.15) is 12.0 Å². The molecule has 9 heteroatoms. The molecule has 1 fully saturated rings. The molecule has 2 amide bonds. The normalized spacial score (nSPS) is 16.9. The molecule has 1 unspecified atom stereocenters. The molecule has 0 aliphatic carbocycles. The van der Waals surface area contributed by atoms with E-state index in [4.69, 9.17) is 4.74 Å². The van der Waals surface area contributed by atoms with Crippen LogP contribution in [0.2, 0.25) is 0 Å². The first-order valence-electron chi connectivity index (χ1n) is 8.57. The van der Waals surface area contributed by atoms with Crippen LogP contribution in [0.5, 0.6) is 5.75 Å². The number of benzene rings is 1. The molecule has 1 aromatic carbocycles. The average Bonchev–Trinajstić information content (AvgIpc) is 3.00. The third-order valence-corrected chi connectivity index (χ3v) is 4.19. The van der Waals surface area contributed by atoms with Gasteiger partial charge in [0.15, 0.2) is 0 Å². The molecule has 0 saturated carbocycles. The van der Waals surface area contributed by atoms with Crippen molar-refractivity contribution in [2.75, 3.05) is 18.4 Å². The molecule has 28 heavy (non-hydrogen) atoms. The lowest BCUT2D eigenvalue weighted by molar-refractivity contribution is -0.157. The highest BCUT2D eigenvalue weighted by atomic mass is 19.4. The van der Waals surface area contributed by atoms with Crippen LogP contribution in [0.4, 0.5) is 18.9 Å². The van der Waals surface area contributed by atoms with Gasteiger partial charge in [0.1, 0.15) is 18.9 Å². The van der Waals surface area contributed by atoms with Crippen molar-refractivity contribution in [2.24, 2.45) is 5.92 Å². The van der Waals surface area contributed by atoms with Gasteiger partial charge in [-0.3, -0.25) is 14.6 Å². The number of ether oxygens (including phenoxy) is 1. The van der Waals surface area contributed by atoms with Gasteiger partial charge in [-0.2, -0.15) is 13.2 Å². The van der Waals surface area contributed by atoms with Crippen LogP contribution in [0.3, 0.4) is 0 Å². The molecule has 6 nitrogen and oxygen atoms in total. The molecule has 1 aliphatic rings. The summed E-state index contributed by atoms with van der Waals surface area (Å²) in [7, 11) is 0. The van der Waals surface area contributed by atoms with Gasteiger partial charge < -0.3 is 15.0 Å². The SMILES string of the molecule is O=C(Nc1cccc(OCc2cccnc2)c1)C1CC(=O)N(CC(F)(F)F)C1. The minimum atomic E-state index is -4.49. The van der Waals surface area contributed by atoms with Gasteiger partial charge >= 0.3 is 6.18 Å². The largest absolute Gasteiger partial charge is 0.489 e. The maximum Gasteiger partial charge on any atom is 0.406 e. The molecule has 3 rings (SSSR count). The number of hydrogen-bond donors (Lipinski definition) is 1. The third kappa shape index (κ3) is 5.45. The smallest absolute Gasteiger partial charge is 0.406 e. The molecule has 2 aromatic rings. The highest BCUT2D eigenvalue weighted by Crippen LogP contribution is 2.25. The number of aromatic nitrogens is 1. The summed E-state index contributed by atoms with van der Waals surface area (Å²) in [5, 5.41) is 2.63. The van der Waals surface area contributed by atoms with Crippen LogP contribution in [0.25, 0.3) is 0 Å². The average molecular weight is 393 g/mol. The Morgan fingerprint density at radius 2 is 2.11 bits per heavy atom. The molecular weight excluding hydrogens is 375 g/mol. The second-order valence-corrected chi connectivity index (χ2v) is 6.46. The fraction of sp³-hybridized carbons (Fsp3) is 0.316. The Labute approximate surface area is 159 Å². The molecule has 2 heterocycles. The molecular formula is C19H18F3N3O3. The lowest BCUT2D eigenvalue weighted by atomic mass is 10.1. The van der Waals surface area contributed by atoms with Crippen LogP contribution in [-0.4, -0.2) is 41.0 Å². The van der Waals surface area contributed by atoms with E-state index in [9.17, 15) is 22.8 Å². The maximum absolute atomic E-state index is 12.5. The number of hydrogen-bond acceptors (Lipinski definition) is 4. The van der Waals surface area contributed by atoms with Gasteiger partial charge in [0.2, 0.25) is 11.8 Å². The zero-order chi connectivity index (χ0) is 20.1. The topological polar surface area (TPSA) is 71.5 Å². The molecule has 1 aromatic heterocycles. The molecule has 1 aliphatic heterocycles. The van der Waals surface area contributed by atoms with Gasteiger partial charge in [-0.25, -0.2) is 0 Å². The second-order valence-electron chi connectivity index (χ2n) is 6.46. The molecule has 1 atom stereocenters. The highest BCUT2D eigenvalue weighted by molar-refractivity contribution is 5.97. The number of rotatable bonds is 6. The van der Waals surface area contributed by atoms with Gasteiger partial charge in [-0.1, -0.05) is 12.1 Å². The fourth-order valence-corrected chi connectivity index (χ4v) is 2.88. The van der Waals surface area contributed by atoms with Crippen molar-refractivity contribution in [1.29, 1.82) is 0 Å². The number of carbonyl (C=O) groups excluding carboxylic acids is 2. The standard InChI is InChI=1S/C19H18F3N3O3/c20-19(21,22)12-25-10-14(7-17(25)26)18(27)24-15-4-1-5-16(8-15)28-11-13-3-2-6-23-9-13/h1-6,8-9,14H,7,10-12H2,(H,24,27). The number of nitrogens with zero attached hydrogens (tertiary/aromatic N) is 2. The summed E-state index contributed by atoms with van der Waals surface area (Å²) in [6.45, 7) is -1.29. The zero-order valence-electron chi connectivity index (χ0n) is 14.8. The Bertz CT molecular complexity index is 843. The second kappa shape index (κ2) is 8.28. The summed E-state index contributed by atoms with van der Waals surface area (Å²) in [6, 6.07) is 10.3. The van der Waals surface area contributed by atoms with Crippen molar-refractivity contribution >= 4 is 17.5 Å². The maximum atomic E-state index is 12.5. The van der Waals surface area contributed by atoms with E-state index in [2.05, 4.69) is 10.3 Å². The van der Waals surface area contributed by atoms with E-state index in [1.165, 1.54) is 0 Å². The van der Waals surface area contributed by atoms with E-state index in [-0.39, 0.29) is 13.0 Å². The van der Waals surface area contributed by atoms with Gasteiger partial charge in [0.05, 0.1) is 5.92 Å². The summed E-state index contributed by atoms with van der Waals surface area (Å²) in [6.07, 6.45) is -1.39. The van der Waals surface area contributed by atoms with E-state index in [0.29, 0.717) is 22.9 Å². The molecule has 0 spiro atoms. The summed E-state index contributed by atoms with van der Waals surface area (Å²) in [5.41, 5.74) is 1.32. The van der Waals surface area contributed by atoms with E-state index in [1.807, 2.05) is 6.07 Å². The Morgan fingerprint density at radius 1 is 1.29 bits per heavy atom. The summed E-state index contributed by atoms with van der Waals surface area (Å²) < 4.78 is 43.1. The van der Waals surface area contributed by atoms with Gasteiger partial charge in [-0.05, 0) is 18.2 Å². The number of likely N-dealkylation sites (tertiary alicyclic amines) is 1. The molecule has 148 valence electrons. The monoisotopic (exact) mass is 393 g/mol. The number of anilines is 1. The van der Waals surface area contributed by atoms with Crippen molar-refractivity contribution in [1.82, 2.24) is 9.88 Å². The van der Waals surface area contributed by atoms with Crippen LogP contribution in [0.15, 0.2) is 48.8 Å². The minimum absolute atomic E-state index is 0.237. The van der Waals surface area contributed by atoms with Crippen LogP contribution < -0.4 is 10.1 Å². The number of amides is 2. The lowest BCUT2D eigenvalue weighted by Crippen LogP contribution is -2.36. The van der Waals surface area contributed by atoms with Gasteiger partial charge in [0, 0.05) is 42.7 Å². The van der Waals surface area contributed by atoms with E-state index >= 15 is 0 Å². The van der Waals surface area contributed by atoms with E-state index in [0.717, 1.165) is 5.56 Å². The summed E-state index contributed by atoms with van der Waals surface area (Å²) >= 11 is 0. The Hall–Kier alpha value is -3.10. The molecule has 0 radical (unpaired) electrons. The first-order valence-corrected chi connectivity index (χ1v) is 8.57. The summed E-state index contributed by atoms with van der Waals surface area (Å²) in [4.78, 5) is 28.7. The van der Waals surface area contributed by atoms with Crippen molar-refractivity contribution < 1.29 is 27.5 Å². The number of pyridine rings is 1. The van der Waals surface area contributed by atoms with E-state index < -0.39 is 30.5 Å². The highest BCUT2D eigenvalue weighted by Gasteiger charge is 2.40. The molecule has 1 saturated heterocycles. The first-order chi connectivity index (χ1) is 13.3. The van der Waals surface area contributed by atoms with Gasteiger partial charge in [-0.15, -0.1) is 0 Å². The van der Waals surface area contributed by atoms with Crippen molar-refractivity contribution in [3.05, 3.63) is 54.4 Å². The number of nitrogens with one attached hydrogen (secondary N) is 1. The lowest BCUT2D eigenvalue weighted by Gasteiger charge is -2.18. The summed E-state index contributed by atoms with van der Waals surface area (Å²) in [5.74, 6) is -1.48. The molecule has 1 N–H and O–H groups in total. The Kier molecular flexibility index (Phi) is 5.81. The van der Waals surface area contributed by atoms with Crippen LogP contribution >= 0.6 is 0 Å². The van der Waals surface area contributed by atoms with E-state index in [1.54, 1.807) is 42.7 Å². The van der Waals surface area contributed by atoms with Crippen molar-refractivity contribution in [3.63, 3.8) is 0 Å². The zero-order valence-corrected chi connectivity index (χ0v) is 14.8.